The second-order valence-electron chi connectivity index (χ2n) is 9.30. The zero-order valence-electron chi connectivity index (χ0n) is 22.3. The number of hydrogen-bond donors (Lipinski definition) is 2. The van der Waals surface area contributed by atoms with Gasteiger partial charge in [0.05, 0.1) is 34.0 Å². The lowest BCUT2D eigenvalue weighted by atomic mass is 10.0. The number of imidazole rings is 1. The quantitative estimate of drug-likeness (QED) is 0.287. The number of fused-ring (bicyclic) bond motifs is 1. The molecule has 1 aliphatic heterocycles. The Hall–Kier alpha value is -3.57. The van der Waals surface area contributed by atoms with Gasteiger partial charge in [0.1, 0.15) is 9.84 Å². The second kappa shape index (κ2) is 12.3. The smallest absolute Gasteiger partial charge is 0.252 e. The van der Waals surface area contributed by atoms with E-state index in [0.717, 1.165) is 0 Å². The zero-order chi connectivity index (χ0) is 29.0. The summed E-state index contributed by atoms with van der Waals surface area (Å²) in [6, 6.07) is 7.83. The first-order valence-corrected chi connectivity index (χ1v) is 15.1. The van der Waals surface area contributed by atoms with Gasteiger partial charge in [-0.2, -0.15) is 0 Å². The van der Waals surface area contributed by atoms with Crippen LogP contribution in [0.2, 0.25) is 5.02 Å². The molecule has 2 N–H and O–H groups in total. The number of aromatic nitrogens is 3. The van der Waals surface area contributed by atoms with E-state index in [0.29, 0.717) is 42.2 Å². The van der Waals surface area contributed by atoms with Crippen LogP contribution < -0.4 is 10.6 Å². The summed E-state index contributed by atoms with van der Waals surface area (Å²) < 4.78 is 53.6. The molecule has 1 saturated heterocycles. The van der Waals surface area contributed by atoms with E-state index in [2.05, 4.69) is 20.6 Å². The third-order valence-corrected chi connectivity index (χ3v) is 8.71. The number of nitrogens with one attached hydrogen (secondary N) is 2. The van der Waals surface area contributed by atoms with E-state index in [1.54, 1.807) is 28.8 Å². The molecule has 5 rings (SSSR count). The highest BCUT2D eigenvalue weighted by Crippen LogP contribution is 2.30. The third kappa shape index (κ3) is 6.26. The average molecular weight is 590 g/mol. The maximum Gasteiger partial charge on any atom is 0.252 e. The first-order valence-electron chi connectivity index (χ1n) is 12.9. The van der Waals surface area contributed by atoms with Gasteiger partial charge < -0.3 is 10.6 Å². The van der Waals surface area contributed by atoms with Crippen molar-refractivity contribution >= 4 is 44.5 Å². The maximum absolute atomic E-state index is 14.6. The number of amides is 1. The number of halogens is 3. The molecule has 0 spiro atoms. The van der Waals surface area contributed by atoms with Crippen molar-refractivity contribution in [3.8, 4) is 11.3 Å². The van der Waals surface area contributed by atoms with Crippen molar-refractivity contribution in [2.75, 3.05) is 23.4 Å². The number of carbonyl (C=O) groups excluding carboxylic acids is 1. The largest absolute Gasteiger partial charge is 0.352 e. The highest BCUT2D eigenvalue weighted by molar-refractivity contribution is 7.91. The number of anilines is 2. The first kappa shape index (κ1) is 29.4. The molecule has 2 aromatic carbocycles. The Morgan fingerprint density at radius 1 is 1.10 bits per heavy atom. The fourth-order valence-corrected chi connectivity index (χ4v) is 6.29. The minimum absolute atomic E-state index is 0.0750. The van der Waals surface area contributed by atoms with E-state index < -0.39 is 21.5 Å². The lowest BCUT2D eigenvalue weighted by molar-refractivity contribution is 0.0946. The molecule has 1 aliphatic rings. The number of hydrogen-bond acceptors (Lipinski definition) is 6. The molecule has 0 atom stereocenters. The molecule has 1 amide bonds. The summed E-state index contributed by atoms with van der Waals surface area (Å²) in [7, 11) is -2.96. The standard InChI is InChI=1S/C26H24ClF2N5O3S.C2H6/c1-15-2-4-19(23(29)22(15)28)21-14-31-25-24(30-8-9-34(21)25)33-17-3-5-18(20(27)12-17)26(35)32-13-16-6-10-38(36,37)11-7-16;1-2/h2-5,8-9,12,14,16H,6-7,10-11,13H2,1H3,(H,30,33)(H,32,35);1-2H3. The molecule has 0 saturated carbocycles. The van der Waals surface area contributed by atoms with Crippen molar-refractivity contribution in [2.45, 2.75) is 33.6 Å². The highest BCUT2D eigenvalue weighted by atomic mass is 35.5. The molecule has 2 aromatic heterocycles. The van der Waals surface area contributed by atoms with Crippen molar-refractivity contribution in [1.82, 2.24) is 19.7 Å². The molecule has 0 radical (unpaired) electrons. The predicted octanol–water partition coefficient (Wildman–Crippen LogP) is 5.96. The van der Waals surface area contributed by atoms with E-state index in [1.165, 1.54) is 31.5 Å². The molecule has 0 aliphatic carbocycles. The van der Waals surface area contributed by atoms with E-state index in [9.17, 15) is 22.0 Å². The second-order valence-corrected chi connectivity index (χ2v) is 12.0. The Kier molecular flexibility index (Phi) is 9.05. The molecule has 3 heterocycles. The van der Waals surface area contributed by atoms with Gasteiger partial charge in [0.15, 0.2) is 23.1 Å². The molecule has 12 heteroatoms. The van der Waals surface area contributed by atoms with Gasteiger partial charge in [-0.3, -0.25) is 9.20 Å². The number of benzene rings is 2. The van der Waals surface area contributed by atoms with Gasteiger partial charge in [-0.15, -0.1) is 0 Å². The summed E-state index contributed by atoms with van der Waals surface area (Å²) >= 11 is 6.40. The van der Waals surface area contributed by atoms with Crippen molar-refractivity contribution in [2.24, 2.45) is 5.92 Å². The molecule has 8 nitrogen and oxygen atoms in total. The normalized spacial score (nSPS) is 14.8. The van der Waals surface area contributed by atoms with Crippen molar-refractivity contribution in [3.05, 3.63) is 76.7 Å². The zero-order valence-corrected chi connectivity index (χ0v) is 23.9. The van der Waals surface area contributed by atoms with Crippen molar-refractivity contribution in [3.63, 3.8) is 0 Å². The van der Waals surface area contributed by atoms with Gasteiger partial charge in [-0.25, -0.2) is 27.2 Å². The molecule has 1 fully saturated rings. The molecule has 0 unspecified atom stereocenters. The van der Waals surface area contributed by atoms with Gasteiger partial charge >= 0.3 is 0 Å². The summed E-state index contributed by atoms with van der Waals surface area (Å²) in [4.78, 5) is 21.3. The fraction of sp³-hybridized carbons (Fsp3) is 0.321. The monoisotopic (exact) mass is 589 g/mol. The SMILES string of the molecule is CC.Cc1ccc(-c2cnc3c(Nc4ccc(C(=O)NCC5CCS(=O)(=O)CC5)c(Cl)c4)nccn23)c(F)c1F. The summed E-state index contributed by atoms with van der Waals surface area (Å²) in [5, 5.41) is 6.16. The van der Waals surface area contributed by atoms with Crippen LogP contribution in [0.1, 0.15) is 42.6 Å². The molecular formula is C28H30ClF2N5O3S. The molecule has 212 valence electrons. The number of sulfone groups is 1. The van der Waals surface area contributed by atoms with Crippen molar-refractivity contribution in [1.29, 1.82) is 0 Å². The van der Waals surface area contributed by atoms with E-state index >= 15 is 0 Å². The summed E-state index contributed by atoms with van der Waals surface area (Å²) in [6.45, 7) is 5.87. The summed E-state index contributed by atoms with van der Waals surface area (Å²) in [6.07, 6.45) is 5.60. The minimum Gasteiger partial charge on any atom is -0.352 e. The van der Waals surface area contributed by atoms with Crippen LogP contribution in [-0.2, 0) is 9.84 Å². The Morgan fingerprint density at radius 3 is 2.52 bits per heavy atom. The third-order valence-electron chi connectivity index (χ3n) is 6.68. The summed E-state index contributed by atoms with van der Waals surface area (Å²) in [5.41, 5.74) is 1.86. The molecule has 0 bridgehead atoms. The van der Waals surface area contributed by atoms with E-state index in [-0.39, 0.29) is 45.0 Å². The van der Waals surface area contributed by atoms with Crippen LogP contribution in [0.25, 0.3) is 16.9 Å². The van der Waals surface area contributed by atoms with Crippen LogP contribution in [0.15, 0.2) is 48.9 Å². The van der Waals surface area contributed by atoms with Gasteiger partial charge in [0, 0.05) is 30.2 Å². The van der Waals surface area contributed by atoms with Gasteiger partial charge in [-0.1, -0.05) is 31.5 Å². The molecule has 40 heavy (non-hydrogen) atoms. The Labute approximate surface area is 236 Å². The Morgan fingerprint density at radius 2 is 1.82 bits per heavy atom. The van der Waals surface area contributed by atoms with Crippen LogP contribution in [-0.4, -0.2) is 46.7 Å². The van der Waals surface area contributed by atoms with Crippen LogP contribution in [0, 0.1) is 24.5 Å². The first-order chi connectivity index (χ1) is 19.1. The van der Waals surface area contributed by atoms with E-state index in [1.807, 2.05) is 13.8 Å². The highest BCUT2D eigenvalue weighted by Gasteiger charge is 2.24. The van der Waals surface area contributed by atoms with Gasteiger partial charge in [0.25, 0.3) is 5.91 Å². The topological polar surface area (TPSA) is 105 Å². The number of rotatable bonds is 6. The van der Waals surface area contributed by atoms with Crippen LogP contribution in [0.4, 0.5) is 20.3 Å². The lowest BCUT2D eigenvalue weighted by Crippen LogP contribution is -2.34. The lowest BCUT2D eigenvalue weighted by Gasteiger charge is -2.22. The van der Waals surface area contributed by atoms with Crippen LogP contribution in [0.5, 0.6) is 0 Å². The number of nitrogens with zero attached hydrogens (tertiary/aromatic N) is 3. The van der Waals surface area contributed by atoms with E-state index in [4.69, 9.17) is 11.6 Å². The minimum atomic E-state index is -2.96. The molecule has 4 aromatic rings. The maximum atomic E-state index is 14.6. The molecular weight excluding hydrogens is 560 g/mol. The number of aryl methyl sites for hydroxylation is 1. The Bertz CT molecular complexity index is 1650. The van der Waals surface area contributed by atoms with Gasteiger partial charge in [0.2, 0.25) is 0 Å². The van der Waals surface area contributed by atoms with Gasteiger partial charge in [-0.05, 0) is 55.5 Å². The van der Waals surface area contributed by atoms with Crippen molar-refractivity contribution < 1.29 is 22.0 Å². The predicted molar refractivity (Wildman–Crippen MR) is 153 cm³/mol. The Balaban J connectivity index is 0.00000181. The van der Waals surface area contributed by atoms with Crippen LogP contribution >= 0.6 is 11.6 Å². The average Bonchev–Trinajstić information content (AvgIpc) is 3.37. The fourth-order valence-electron chi connectivity index (χ4n) is 4.44. The summed E-state index contributed by atoms with van der Waals surface area (Å²) in [5.74, 6) is -1.46. The van der Waals surface area contributed by atoms with Crippen LogP contribution in [0.3, 0.4) is 0 Å². The number of carbonyl (C=O) groups is 1.